The summed E-state index contributed by atoms with van der Waals surface area (Å²) in [6.07, 6.45) is 0. The molecule has 0 aliphatic heterocycles. The SMILES string of the molecule is Cc1cc(Cl)c(NCCS)cc1F. The smallest absolute Gasteiger partial charge is 0.128 e. The average molecular weight is 220 g/mol. The molecule has 4 heteroatoms. The molecule has 0 amide bonds. The summed E-state index contributed by atoms with van der Waals surface area (Å²) >= 11 is 9.92. The highest BCUT2D eigenvalue weighted by atomic mass is 35.5. The Morgan fingerprint density at radius 1 is 1.54 bits per heavy atom. The third kappa shape index (κ3) is 2.78. The third-order valence-electron chi connectivity index (χ3n) is 1.68. The molecular formula is C9H11ClFNS. The minimum Gasteiger partial charge on any atom is -0.383 e. The lowest BCUT2D eigenvalue weighted by Crippen LogP contribution is -2.03. The predicted molar refractivity (Wildman–Crippen MR) is 58.5 cm³/mol. The normalized spacial score (nSPS) is 10.2. The van der Waals surface area contributed by atoms with Crippen LogP contribution in [0.15, 0.2) is 12.1 Å². The summed E-state index contributed by atoms with van der Waals surface area (Å²) in [4.78, 5) is 0. The van der Waals surface area contributed by atoms with Crippen molar-refractivity contribution in [2.24, 2.45) is 0 Å². The van der Waals surface area contributed by atoms with Crippen molar-refractivity contribution < 1.29 is 4.39 Å². The molecule has 0 aliphatic carbocycles. The molecule has 1 aromatic carbocycles. The van der Waals surface area contributed by atoms with E-state index < -0.39 is 0 Å². The first kappa shape index (κ1) is 10.7. The molecule has 0 saturated carbocycles. The minimum absolute atomic E-state index is 0.244. The lowest BCUT2D eigenvalue weighted by molar-refractivity contribution is 0.619. The van der Waals surface area contributed by atoms with Crippen LogP contribution >= 0.6 is 24.2 Å². The van der Waals surface area contributed by atoms with Crippen molar-refractivity contribution in [3.05, 3.63) is 28.5 Å². The average Bonchev–Trinajstić information content (AvgIpc) is 2.09. The Morgan fingerprint density at radius 2 is 2.23 bits per heavy atom. The number of hydrogen-bond donors (Lipinski definition) is 2. The third-order valence-corrected chi connectivity index (χ3v) is 2.21. The van der Waals surface area contributed by atoms with E-state index in [2.05, 4.69) is 17.9 Å². The molecule has 0 fully saturated rings. The first-order chi connectivity index (χ1) is 6.15. The topological polar surface area (TPSA) is 12.0 Å². The van der Waals surface area contributed by atoms with Crippen LogP contribution < -0.4 is 5.32 Å². The van der Waals surface area contributed by atoms with Gasteiger partial charge in [-0.2, -0.15) is 12.6 Å². The van der Waals surface area contributed by atoms with Gasteiger partial charge in [0.2, 0.25) is 0 Å². The van der Waals surface area contributed by atoms with E-state index in [0.29, 0.717) is 28.6 Å². The molecule has 1 rings (SSSR count). The van der Waals surface area contributed by atoms with Gasteiger partial charge in [0.15, 0.2) is 0 Å². The molecule has 13 heavy (non-hydrogen) atoms. The van der Waals surface area contributed by atoms with Gasteiger partial charge in [-0.05, 0) is 24.6 Å². The van der Waals surface area contributed by atoms with E-state index in [-0.39, 0.29) is 5.82 Å². The summed E-state index contributed by atoms with van der Waals surface area (Å²) in [5, 5.41) is 3.52. The first-order valence-electron chi connectivity index (χ1n) is 3.95. The Morgan fingerprint density at radius 3 is 2.85 bits per heavy atom. The summed E-state index contributed by atoms with van der Waals surface area (Å²) in [6, 6.07) is 3.01. The second kappa shape index (κ2) is 4.72. The highest BCUT2D eigenvalue weighted by Gasteiger charge is 2.04. The van der Waals surface area contributed by atoms with Gasteiger partial charge in [-0.15, -0.1) is 0 Å². The quantitative estimate of drug-likeness (QED) is 0.745. The minimum atomic E-state index is -0.244. The van der Waals surface area contributed by atoms with Crippen molar-refractivity contribution >= 4 is 29.9 Å². The van der Waals surface area contributed by atoms with Gasteiger partial charge in [-0.1, -0.05) is 11.6 Å². The highest BCUT2D eigenvalue weighted by Crippen LogP contribution is 2.24. The van der Waals surface area contributed by atoms with E-state index in [1.165, 1.54) is 6.07 Å². The Labute approximate surface area is 87.7 Å². The molecule has 0 aliphatic rings. The fourth-order valence-corrected chi connectivity index (χ4v) is 1.37. The molecule has 0 radical (unpaired) electrons. The number of thiol groups is 1. The lowest BCUT2D eigenvalue weighted by atomic mass is 10.2. The summed E-state index contributed by atoms with van der Waals surface area (Å²) < 4.78 is 13.1. The maximum Gasteiger partial charge on any atom is 0.128 e. The molecule has 0 aromatic heterocycles. The van der Waals surface area contributed by atoms with Crippen molar-refractivity contribution in [1.29, 1.82) is 0 Å². The maximum atomic E-state index is 13.1. The zero-order valence-electron chi connectivity index (χ0n) is 7.27. The molecule has 0 spiro atoms. The first-order valence-corrected chi connectivity index (χ1v) is 4.96. The standard InChI is InChI=1S/C9H11ClFNS/c1-6-4-7(10)9(5-8(6)11)12-2-3-13/h4-5,12-13H,2-3H2,1H3. The van der Waals surface area contributed by atoms with Gasteiger partial charge >= 0.3 is 0 Å². The van der Waals surface area contributed by atoms with Gasteiger partial charge in [0.05, 0.1) is 10.7 Å². The molecule has 1 nitrogen and oxygen atoms in total. The maximum absolute atomic E-state index is 13.1. The van der Waals surface area contributed by atoms with Gasteiger partial charge in [0.1, 0.15) is 5.82 Å². The van der Waals surface area contributed by atoms with E-state index in [0.717, 1.165) is 0 Å². The molecule has 0 atom stereocenters. The van der Waals surface area contributed by atoms with Crippen LogP contribution in [0, 0.1) is 12.7 Å². The summed E-state index contributed by atoms with van der Waals surface area (Å²) in [6.45, 7) is 2.36. The van der Waals surface area contributed by atoms with Crippen molar-refractivity contribution in [2.75, 3.05) is 17.6 Å². The number of rotatable bonds is 3. The highest BCUT2D eigenvalue weighted by molar-refractivity contribution is 7.80. The van der Waals surface area contributed by atoms with Gasteiger partial charge in [0.25, 0.3) is 0 Å². The zero-order valence-corrected chi connectivity index (χ0v) is 8.92. The number of benzene rings is 1. The molecule has 1 aromatic rings. The van der Waals surface area contributed by atoms with E-state index in [1.54, 1.807) is 13.0 Å². The Hall–Kier alpha value is -0.410. The lowest BCUT2D eigenvalue weighted by Gasteiger charge is -2.08. The fraction of sp³-hybridized carbons (Fsp3) is 0.333. The number of aryl methyl sites for hydroxylation is 1. The molecule has 72 valence electrons. The molecule has 0 saturated heterocycles. The Kier molecular flexibility index (Phi) is 3.88. The predicted octanol–water partition coefficient (Wildman–Crippen LogP) is 3.13. The Balaban J connectivity index is 2.88. The van der Waals surface area contributed by atoms with Crippen LogP contribution in [0.5, 0.6) is 0 Å². The molecule has 1 N–H and O–H groups in total. The monoisotopic (exact) mass is 219 g/mol. The van der Waals surface area contributed by atoms with Crippen LogP contribution in [-0.4, -0.2) is 12.3 Å². The summed E-state index contributed by atoms with van der Waals surface area (Å²) in [7, 11) is 0. The van der Waals surface area contributed by atoms with Crippen LogP contribution in [0.1, 0.15) is 5.56 Å². The van der Waals surface area contributed by atoms with E-state index in [9.17, 15) is 4.39 Å². The molecular weight excluding hydrogens is 209 g/mol. The van der Waals surface area contributed by atoms with Crippen molar-refractivity contribution in [1.82, 2.24) is 0 Å². The van der Waals surface area contributed by atoms with Gasteiger partial charge in [-0.25, -0.2) is 4.39 Å². The van der Waals surface area contributed by atoms with Crippen molar-refractivity contribution in [3.63, 3.8) is 0 Å². The summed E-state index contributed by atoms with van der Waals surface area (Å²) in [5.41, 5.74) is 1.18. The van der Waals surface area contributed by atoms with Crippen LogP contribution in [0.25, 0.3) is 0 Å². The van der Waals surface area contributed by atoms with Gasteiger partial charge < -0.3 is 5.32 Å². The second-order valence-electron chi connectivity index (χ2n) is 2.73. The number of nitrogens with one attached hydrogen (secondary N) is 1. The van der Waals surface area contributed by atoms with E-state index in [1.807, 2.05) is 0 Å². The second-order valence-corrected chi connectivity index (χ2v) is 3.59. The van der Waals surface area contributed by atoms with E-state index >= 15 is 0 Å². The van der Waals surface area contributed by atoms with Gasteiger partial charge in [0, 0.05) is 12.3 Å². The van der Waals surface area contributed by atoms with Crippen LogP contribution in [-0.2, 0) is 0 Å². The Bertz CT molecular complexity index is 304. The number of anilines is 1. The molecule has 0 bridgehead atoms. The van der Waals surface area contributed by atoms with Crippen LogP contribution in [0.2, 0.25) is 5.02 Å². The number of hydrogen-bond acceptors (Lipinski definition) is 2. The van der Waals surface area contributed by atoms with Crippen LogP contribution in [0.3, 0.4) is 0 Å². The molecule has 0 heterocycles. The largest absolute Gasteiger partial charge is 0.383 e. The number of halogens is 2. The van der Waals surface area contributed by atoms with Crippen molar-refractivity contribution in [2.45, 2.75) is 6.92 Å². The van der Waals surface area contributed by atoms with E-state index in [4.69, 9.17) is 11.6 Å². The van der Waals surface area contributed by atoms with Crippen LogP contribution in [0.4, 0.5) is 10.1 Å². The van der Waals surface area contributed by atoms with Gasteiger partial charge in [-0.3, -0.25) is 0 Å². The van der Waals surface area contributed by atoms with Crippen molar-refractivity contribution in [3.8, 4) is 0 Å². The molecule has 0 unspecified atom stereocenters. The zero-order chi connectivity index (χ0) is 9.84. The fourth-order valence-electron chi connectivity index (χ4n) is 0.972. The summed E-state index contributed by atoms with van der Waals surface area (Å²) in [5.74, 6) is 0.442.